The minimum absolute atomic E-state index is 0.704. The standard InChI is InChI=1S/C13H23N3/c1-5-16-10-13(9-15-16)6-12(4)8-14-7-11(2)3/h6,9-11,14H,5,7-8H2,1-4H3/b12-6-. The first-order valence-electron chi connectivity index (χ1n) is 6.02. The first-order valence-corrected chi connectivity index (χ1v) is 6.02. The zero-order valence-corrected chi connectivity index (χ0v) is 10.8. The molecule has 0 saturated heterocycles. The molecule has 0 bridgehead atoms. The Labute approximate surface area is 98.5 Å². The third kappa shape index (κ3) is 4.62. The van der Waals surface area contributed by atoms with Gasteiger partial charge >= 0.3 is 0 Å². The van der Waals surface area contributed by atoms with Gasteiger partial charge < -0.3 is 5.32 Å². The number of rotatable bonds is 6. The summed E-state index contributed by atoms with van der Waals surface area (Å²) in [5.41, 5.74) is 2.53. The lowest BCUT2D eigenvalue weighted by molar-refractivity contribution is 0.572. The van der Waals surface area contributed by atoms with Crippen LogP contribution in [0.25, 0.3) is 6.08 Å². The van der Waals surface area contributed by atoms with Gasteiger partial charge in [-0.2, -0.15) is 5.10 Å². The van der Waals surface area contributed by atoms with Crippen molar-refractivity contribution in [1.82, 2.24) is 15.1 Å². The van der Waals surface area contributed by atoms with Crippen molar-refractivity contribution in [3.05, 3.63) is 23.5 Å². The van der Waals surface area contributed by atoms with E-state index in [0.717, 1.165) is 19.6 Å². The summed E-state index contributed by atoms with van der Waals surface area (Å²) in [6.07, 6.45) is 6.17. The van der Waals surface area contributed by atoms with Crippen LogP contribution in [0.3, 0.4) is 0 Å². The minimum atomic E-state index is 0.704. The van der Waals surface area contributed by atoms with Crippen LogP contribution in [0.4, 0.5) is 0 Å². The quantitative estimate of drug-likeness (QED) is 0.800. The largest absolute Gasteiger partial charge is 0.313 e. The van der Waals surface area contributed by atoms with Gasteiger partial charge in [-0.25, -0.2) is 0 Å². The van der Waals surface area contributed by atoms with Crippen molar-refractivity contribution < 1.29 is 0 Å². The second-order valence-electron chi connectivity index (χ2n) is 4.64. The molecule has 0 aliphatic rings. The number of aryl methyl sites for hydroxylation is 1. The summed E-state index contributed by atoms with van der Waals surface area (Å²) in [6, 6.07) is 0. The van der Waals surface area contributed by atoms with E-state index in [2.05, 4.69) is 50.4 Å². The van der Waals surface area contributed by atoms with Gasteiger partial charge in [0.25, 0.3) is 0 Å². The van der Waals surface area contributed by atoms with E-state index < -0.39 is 0 Å². The monoisotopic (exact) mass is 221 g/mol. The molecule has 1 aromatic heterocycles. The van der Waals surface area contributed by atoms with E-state index in [4.69, 9.17) is 0 Å². The van der Waals surface area contributed by atoms with Crippen LogP contribution in [0.1, 0.15) is 33.3 Å². The average molecular weight is 221 g/mol. The Hall–Kier alpha value is -1.09. The Kier molecular flexibility index (Phi) is 5.26. The van der Waals surface area contributed by atoms with E-state index >= 15 is 0 Å². The molecule has 0 radical (unpaired) electrons. The van der Waals surface area contributed by atoms with Crippen LogP contribution in [0.5, 0.6) is 0 Å². The molecule has 0 atom stereocenters. The summed E-state index contributed by atoms with van der Waals surface area (Å²) in [4.78, 5) is 0. The fraction of sp³-hybridized carbons (Fsp3) is 0.615. The number of hydrogen-bond donors (Lipinski definition) is 1. The summed E-state index contributed by atoms with van der Waals surface area (Å²) in [6.45, 7) is 11.6. The molecule has 0 unspecified atom stereocenters. The third-order valence-electron chi connectivity index (χ3n) is 2.35. The second kappa shape index (κ2) is 6.48. The van der Waals surface area contributed by atoms with Gasteiger partial charge in [0.2, 0.25) is 0 Å². The molecule has 1 N–H and O–H groups in total. The number of aromatic nitrogens is 2. The normalized spacial score (nSPS) is 12.4. The van der Waals surface area contributed by atoms with Crippen molar-refractivity contribution in [2.24, 2.45) is 5.92 Å². The Balaban J connectivity index is 2.43. The Bertz CT molecular complexity index is 337. The second-order valence-corrected chi connectivity index (χ2v) is 4.64. The van der Waals surface area contributed by atoms with Crippen molar-refractivity contribution in [3.63, 3.8) is 0 Å². The molecule has 0 amide bonds. The molecule has 3 heteroatoms. The number of nitrogens with zero attached hydrogens (tertiary/aromatic N) is 2. The fourth-order valence-electron chi connectivity index (χ4n) is 1.52. The highest BCUT2D eigenvalue weighted by molar-refractivity contribution is 5.50. The van der Waals surface area contributed by atoms with Crippen LogP contribution < -0.4 is 5.32 Å². The first kappa shape index (κ1) is 13.0. The van der Waals surface area contributed by atoms with E-state index in [-0.39, 0.29) is 0 Å². The van der Waals surface area contributed by atoms with Crippen LogP contribution >= 0.6 is 0 Å². The van der Waals surface area contributed by atoms with Gasteiger partial charge in [-0.1, -0.05) is 25.5 Å². The molecule has 1 heterocycles. The maximum Gasteiger partial charge on any atom is 0.0562 e. The summed E-state index contributed by atoms with van der Waals surface area (Å²) >= 11 is 0. The number of nitrogens with one attached hydrogen (secondary N) is 1. The Morgan fingerprint density at radius 2 is 2.31 bits per heavy atom. The lowest BCUT2D eigenvalue weighted by Gasteiger charge is -2.07. The van der Waals surface area contributed by atoms with E-state index in [9.17, 15) is 0 Å². The maximum atomic E-state index is 4.25. The summed E-state index contributed by atoms with van der Waals surface area (Å²) in [5, 5.41) is 7.68. The first-order chi connectivity index (χ1) is 7.61. The molecular weight excluding hydrogens is 198 g/mol. The van der Waals surface area contributed by atoms with Crippen LogP contribution in [0.2, 0.25) is 0 Å². The molecule has 0 spiro atoms. The topological polar surface area (TPSA) is 29.9 Å². The van der Waals surface area contributed by atoms with Gasteiger partial charge in [0.15, 0.2) is 0 Å². The zero-order valence-electron chi connectivity index (χ0n) is 10.8. The van der Waals surface area contributed by atoms with Gasteiger partial charge in [0.1, 0.15) is 0 Å². The molecule has 0 saturated carbocycles. The van der Waals surface area contributed by atoms with Gasteiger partial charge in [-0.3, -0.25) is 4.68 Å². The molecule has 16 heavy (non-hydrogen) atoms. The highest BCUT2D eigenvalue weighted by Crippen LogP contribution is 2.05. The average Bonchev–Trinajstić information content (AvgIpc) is 2.65. The van der Waals surface area contributed by atoms with Crippen molar-refractivity contribution in [2.45, 2.75) is 34.2 Å². The summed E-state index contributed by atoms with van der Waals surface area (Å²) in [7, 11) is 0. The van der Waals surface area contributed by atoms with Crippen molar-refractivity contribution in [3.8, 4) is 0 Å². The van der Waals surface area contributed by atoms with E-state index in [0.29, 0.717) is 5.92 Å². The molecule has 0 aliphatic heterocycles. The van der Waals surface area contributed by atoms with E-state index in [1.54, 1.807) is 0 Å². The van der Waals surface area contributed by atoms with Gasteiger partial charge in [0, 0.05) is 24.8 Å². The maximum absolute atomic E-state index is 4.25. The Morgan fingerprint density at radius 3 is 2.88 bits per heavy atom. The lowest BCUT2D eigenvalue weighted by Crippen LogP contribution is -2.21. The minimum Gasteiger partial charge on any atom is -0.313 e. The smallest absolute Gasteiger partial charge is 0.0562 e. The van der Waals surface area contributed by atoms with Crippen molar-refractivity contribution in [2.75, 3.05) is 13.1 Å². The SMILES string of the molecule is CCn1cc(/C=C(/C)CNCC(C)C)cn1. The van der Waals surface area contributed by atoms with E-state index in [1.807, 2.05) is 10.9 Å². The fourth-order valence-corrected chi connectivity index (χ4v) is 1.52. The summed E-state index contributed by atoms with van der Waals surface area (Å²) in [5.74, 6) is 0.704. The van der Waals surface area contributed by atoms with Crippen molar-refractivity contribution >= 4 is 6.08 Å². The molecule has 3 nitrogen and oxygen atoms in total. The molecule has 1 aromatic rings. The van der Waals surface area contributed by atoms with Crippen molar-refractivity contribution in [1.29, 1.82) is 0 Å². The van der Waals surface area contributed by atoms with Gasteiger partial charge in [-0.05, 0) is 26.3 Å². The summed E-state index contributed by atoms with van der Waals surface area (Å²) < 4.78 is 1.95. The van der Waals surface area contributed by atoms with E-state index in [1.165, 1.54) is 11.1 Å². The highest BCUT2D eigenvalue weighted by Gasteiger charge is 1.96. The molecule has 90 valence electrons. The van der Waals surface area contributed by atoms with Crippen LogP contribution in [0.15, 0.2) is 18.0 Å². The van der Waals surface area contributed by atoms with Gasteiger partial charge in [-0.15, -0.1) is 0 Å². The Morgan fingerprint density at radius 1 is 1.56 bits per heavy atom. The lowest BCUT2D eigenvalue weighted by atomic mass is 10.2. The highest BCUT2D eigenvalue weighted by atomic mass is 15.3. The molecular formula is C13H23N3. The molecule has 0 aliphatic carbocycles. The van der Waals surface area contributed by atoms with Crippen LogP contribution in [-0.4, -0.2) is 22.9 Å². The van der Waals surface area contributed by atoms with Crippen LogP contribution in [0, 0.1) is 5.92 Å². The molecule has 1 rings (SSSR count). The zero-order chi connectivity index (χ0) is 12.0. The molecule has 0 fully saturated rings. The predicted molar refractivity (Wildman–Crippen MR) is 69.3 cm³/mol. The van der Waals surface area contributed by atoms with Gasteiger partial charge in [0.05, 0.1) is 6.20 Å². The third-order valence-corrected chi connectivity index (χ3v) is 2.35. The van der Waals surface area contributed by atoms with Crippen LogP contribution in [-0.2, 0) is 6.54 Å². The predicted octanol–water partition coefficient (Wildman–Crippen LogP) is 2.55. The number of hydrogen-bond acceptors (Lipinski definition) is 2. The molecule has 0 aromatic carbocycles.